The van der Waals surface area contributed by atoms with Gasteiger partial charge < -0.3 is 25.2 Å². The van der Waals surface area contributed by atoms with E-state index in [-0.39, 0.29) is 23.6 Å². The predicted molar refractivity (Wildman–Crippen MR) is 136 cm³/mol. The van der Waals surface area contributed by atoms with Crippen LogP contribution in [0.1, 0.15) is 6.42 Å². The molecule has 1 atom stereocenters. The van der Waals surface area contributed by atoms with Crippen LogP contribution in [0.4, 0.5) is 21.6 Å². The summed E-state index contributed by atoms with van der Waals surface area (Å²) >= 11 is 5.89. The number of halogens is 2. The van der Waals surface area contributed by atoms with Crippen molar-refractivity contribution in [1.82, 2.24) is 14.9 Å². The number of aliphatic hydroxyl groups excluding tert-OH is 1. The van der Waals surface area contributed by atoms with Gasteiger partial charge in [0.05, 0.1) is 42.7 Å². The molecule has 3 N–H and O–H groups in total. The molecule has 0 radical (unpaired) electrons. The van der Waals surface area contributed by atoms with Crippen LogP contribution in [-0.4, -0.2) is 71.9 Å². The van der Waals surface area contributed by atoms with Crippen LogP contribution in [0.2, 0.25) is 5.02 Å². The summed E-state index contributed by atoms with van der Waals surface area (Å²) in [6.45, 7) is 2.60. The van der Waals surface area contributed by atoms with Crippen molar-refractivity contribution in [2.75, 3.05) is 50.6 Å². The van der Waals surface area contributed by atoms with Crippen molar-refractivity contribution in [2.45, 2.75) is 12.5 Å². The molecule has 1 fully saturated rings. The van der Waals surface area contributed by atoms with Crippen LogP contribution in [0.5, 0.6) is 5.75 Å². The number of rotatable bonds is 10. The number of nitrogens with one attached hydrogen (secondary N) is 2. The third-order valence-electron chi connectivity index (χ3n) is 5.70. The Kier molecular flexibility index (Phi) is 8.65. The fraction of sp³-hybridized carbons (Fsp3) is 0.320. The van der Waals surface area contributed by atoms with Crippen molar-refractivity contribution in [2.24, 2.45) is 0 Å². The minimum atomic E-state index is -0.517. The molecule has 2 heterocycles. The second kappa shape index (κ2) is 12.1. The number of ether oxygens (including phenoxy) is 2. The van der Waals surface area contributed by atoms with Crippen molar-refractivity contribution < 1.29 is 23.8 Å². The summed E-state index contributed by atoms with van der Waals surface area (Å²) in [7, 11) is 1.51. The Morgan fingerprint density at radius 3 is 2.97 bits per heavy atom. The second-order valence-corrected chi connectivity index (χ2v) is 8.61. The number of benzene rings is 2. The Morgan fingerprint density at radius 2 is 2.19 bits per heavy atom. The number of amides is 1. The molecule has 0 aliphatic carbocycles. The smallest absolute Gasteiger partial charge is 0.248 e. The van der Waals surface area contributed by atoms with Gasteiger partial charge in [-0.15, -0.1) is 0 Å². The average molecular weight is 516 g/mol. The van der Waals surface area contributed by atoms with Gasteiger partial charge in [-0.25, -0.2) is 14.4 Å². The fourth-order valence-corrected chi connectivity index (χ4v) is 4.14. The lowest BCUT2D eigenvalue weighted by molar-refractivity contribution is -0.111. The fourth-order valence-electron chi connectivity index (χ4n) is 3.96. The highest BCUT2D eigenvalue weighted by Crippen LogP contribution is 2.33. The molecule has 0 spiro atoms. The molecule has 1 saturated heterocycles. The third kappa shape index (κ3) is 6.46. The summed E-state index contributed by atoms with van der Waals surface area (Å²) in [6.07, 6.45) is 5.68. The van der Waals surface area contributed by atoms with E-state index in [2.05, 4.69) is 25.5 Å². The summed E-state index contributed by atoms with van der Waals surface area (Å²) in [5.41, 5.74) is 1.60. The largest absolute Gasteiger partial charge is 0.494 e. The van der Waals surface area contributed by atoms with Crippen molar-refractivity contribution in [3.8, 4) is 5.75 Å². The van der Waals surface area contributed by atoms with Gasteiger partial charge in [-0.3, -0.25) is 9.69 Å². The maximum absolute atomic E-state index is 13.5. The molecule has 1 aliphatic heterocycles. The third-order valence-corrected chi connectivity index (χ3v) is 5.99. The van der Waals surface area contributed by atoms with Crippen LogP contribution in [-0.2, 0) is 9.53 Å². The van der Waals surface area contributed by atoms with Gasteiger partial charge in [0.2, 0.25) is 5.91 Å². The van der Waals surface area contributed by atoms with Gasteiger partial charge in [-0.05, 0) is 30.7 Å². The molecule has 0 unspecified atom stereocenters. The van der Waals surface area contributed by atoms with Gasteiger partial charge in [0.15, 0.2) is 0 Å². The number of likely N-dealkylation sites (tertiary alicyclic amines) is 1. The van der Waals surface area contributed by atoms with E-state index >= 15 is 0 Å². The van der Waals surface area contributed by atoms with E-state index in [4.69, 9.17) is 26.2 Å². The normalized spacial score (nSPS) is 16.1. The summed E-state index contributed by atoms with van der Waals surface area (Å²) in [4.78, 5) is 23.4. The SMILES string of the molecule is COc1cc2ncnc(Nc3ccc(F)c(Cl)c3)c2cc1NC(=O)/C=C/CN1CC[C@@H](OCCO)C1. The highest BCUT2D eigenvalue weighted by molar-refractivity contribution is 6.31. The van der Waals surface area contributed by atoms with Crippen molar-refractivity contribution >= 4 is 45.6 Å². The maximum Gasteiger partial charge on any atom is 0.248 e. The minimum absolute atomic E-state index is 0.0121. The van der Waals surface area contributed by atoms with Gasteiger partial charge in [-0.1, -0.05) is 17.7 Å². The van der Waals surface area contributed by atoms with E-state index in [0.29, 0.717) is 47.0 Å². The van der Waals surface area contributed by atoms with Gasteiger partial charge in [0.1, 0.15) is 23.7 Å². The average Bonchev–Trinajstić information content (AvgIpc) is 3.32. The van der Waals surface area contributed by atoms with Gasteiger partial charge >= 0.3 is 0 Å². The Morgan fingerprint density at radius 1 is 1.33 bits per heavy atom. The number of hydrogen-bond acceptors (Lipinski definition) is 8. The number of anilines is 3. The van der Waals surface area contributed by atoms with E-state index < -0.39 is 5.82 Å². The quantitative estimate of drug-likeness (QED) is 0.350. The van der Waals surface area contributed by atoms with Crippen molar-refractivity contribution in [3.05, 3.63) is 59.7 Å². The Labute approximate surface area is 212 Å². The number of fused-ring (bicyclic) bond motifs is 1. The van der Waals surface area contributed by atoms with Crippen LogP contribution >= 0.6 is 11.6 Å². The van der Waals surface area contributed by atoms with E-state index in [1.165, 1.54) is 31.6 Å². The standard InChI is InChI=1S/C25H27ClFN5O4/c1-35-23-13-21-18(25(29-15-28-21)30-16-4-5-20(27)19(26)11-16)12-22(23)31-24(34)3-2-7-32-8-6-17(14-32)36-10-9-33/h2-5,11-13,15,17,33H,6-10,14H2,1H3,(H,31,34)(H,28,29,30)/b3-2+/t17-/m1/s1. The summed E-state index contributed by atoms with van der Waals surface area (Å²) in [6, 6.07) is 7.70. The molecule has 4 rings (SSSR count). The number of carbonyl (C=O) groups is 1. The Balaban J connectivity index is 1.46. The molecule has 11 heteroatoms. The summed E-state index contributed by atoms with van der Waals surface area (Å²) in [5.74, 6) is 0.0826. The number of carbonyl (C=O) groups excluding carboxylic acids is 1. The minimum Gasteiger partial charge on any atom is -0.494 e. The lowest BCUT2D eigenvalue weighted by Gasteiger charge is -2.14. The lowest BCUT2D eigenvalue weighted by Crippen LogP contribution is -2.24. The summed E-state index contributed by atoms with van der Waals surface area (Å²) < 4.78 is 24.5. The molecular weight excluding hydrogens is 489 g/mol. The second-order valence-electron chi connectivity index (χ2n) is 8.20. The first-order valence-electron chi connectivity index (χ1n) is 11.4. The number of aliphatic hydroxyl groups is 1. The van der Waals surface area contributed by atoms with Crippen LogP contribution < -0.4 is 15.4 Å². The number of methoxy groups -OCH3 is 1. The molecular formula is C25H27ClFN5O4. The maximum atomic E-state index is 13.5. The van der Waals surface area contributed by atoms with Gasteiger partial charge in [-0.2, -0.15) is 0 Å². The number of hydrogen-bond donors (Lipinski definition) is 3. The first kappa shape index (κ1) is 25.8. The van der Waals surface area contributed by atoms with Crippen LogP contribution in [0.3, 0.4) is 0 Å². The molecule has 0 bridgehead atoms. The van der Waals surface area contributed by atoms with E-state index in [1.54, 1.807) is 24.3 Å². The predicted octanol–water partition coefficient (Wildman–Crippen LogP) is 3.75. The van der Waals surface area contributed by atoms with E-state index in [9.17, 15) is 9.18 Å². The van der Waals surface area contributed by atoms with E-state index in [1.807, 2.05) is 0 Å². The number of nitrogens with zero attached hydrogens (tertiary/aromatic N) is 3. The first-order chi connectivity index (χ1) is 17.5. The molecule has 1 aromatic heterocycles. The molecule has 1 aliphatic rings. The van der Waals surface area contributed by atoms with Crippen LogP contribution in [0.25, 0.3) is 10.9 Å². The topological polar surface area (TPSA) is 109 Å². The molecule has 190 valence electrons. The molecule has 9 nitrogen and oxygen atoms in total. The monoisotopic (exact) mass is 515 g/mol. The van der Waals surface area contributed by atoms with Gasteiger partial charge in [0.25, 0.3) is 0 Å². The van der Waals surface area contributed by atoms with Crippen molar-refractivity contribution in [1.29, 1.82) is 0 Å². The lowest BCUT2D eigenvalue weighted by atomic mass is 10.1. The zero-order valence-corrected chi connectivity index (χ0v) is 20.5. The molecule has 36 heavy (non-hydrogen) atoms. The molecule has 3 aromatic rings. The molecule has 1 amide bonds. The van der Waals surface area contributed by atoms with Crippen LogP contribution in [0, 0.1) is 5.82 Å². The first-order valence-corrected chi connectivity index (χ1v) is 11.8. The Bertz CT molecular complexity index is 1260. The molecule has 0 saturated carbocycles. The molecule has 2 aromatic carbocycles. The highest BCUT2D eigenvalue weighted by atomic mass is 35.5. The van der Waals surface area contributed by atoms with Crippen molar-refractivity contribution in [3.63, 3.8) is 0 Å². The zero-order chi connectivity index (χ0) is 25.5. The number of aromatic nitrogens is 2. The van der Waals surface area contributed by atoms with E-state index in [0.717, 1.165) is 19.5 Å². The van der Waals surface area contributed by atoms with Gasteiger partial charge in [0, 0.05) is 42.9 Å². The zero-order valence-electron chi connectivity index (χ0n) is 19.7. The highest BCUT2D eigenvalue weighted by Gasteiger charge is 2.21. The Hall–Kier alpha value is -3.31. The van der Waals surface area contributed by atoms with Crippen LogP contribution in [0.15, 0.2) is 48.8 Å². The summed E-state index contributed by atoms with van der Waals surface area (Å²) in [5, 5.41) is 15.5.